The molecule has 3 rings (SSSR count). The molecule has 1 aromatic heterocycles. The van der Waals surface area contributed by atoms with Crippen molar-refractivity contribution in [1.82, 2.24) is 15.2 Å². The van der Waals surface area contributed by atoms with Crippen molar-refractivity contribution in [2.24, 2.45) is 11.8 Å². The normalized spacial score (nSPS) is 21.4. The molecule has 1 amide bonds. The van der Waals surface area contributed by atoms with E-state index in [9.17, 15) is 4.79 Å². The number of likely N-dealkylation sites (tertiary alicyclic amines) is 1. The predicted octanol–water partition coefficient (Wildman–Crippen LogP) is 1.86. The Hall–Kier alpha value is -1.42. The Morgan fingerprint density at radius 2 is 1.90 bits per heavy atom. The van der Waals surface area contributed by atoms with Crippen LogP contribution in [0.4, 0.5) is 0 Å². The molecule has 4 nitrogen and oxygen atoms in total. The van der Waals surface area contributed by atoms with Gasteiger partial charge >= 0.3 is 0 Å². The smallest absolute Gasteiger partial charge is 0.227 e. The first-order chi connectivity index (χ1) is 10.3. The Kier molecular flexibility index (Phi) is 4.86. The molecule has 0 saturated carbocycles. The second kappa shape index (κ2) is 7.03. The summed E-state index contributed by atoms with van der Waals surface area (Å²) in [6.07, 6.45) is 9.03. The first-order valence-electron chi connectivity index (χ1n) is 8.20. The van der Waals surface area contributed by atoms with Gasteiger partial charge in [-0.3, -0.25) is 9.78 Å². The number of aromatic nitrogens is 1. The molecule has 21 heavy (non-hydrogen) atoms. The summed E-state index contributed by atoms with van der Waals surface area (Å²) in [5.41, 5.74) is 1.02. The van der Waals surface area contributed by atoms with Crippen molar-refractivity contribution in [3.8, 4) is 0 Å². The van der Waals surface area contributed by atoms with Gasteiger partial charge in [0.1, 0.15) is 0 Å². The quantitative estimate of drug-likeness (QED) is 0.923. The largest absolute Gasteiger partial charge is 0.342 e. The molecule has 2 saturated heterocycles. The zero-order valence-corrected chi connectivity index (χ0v) is 12.6. The van der Waals surface area contributed by atoms with Crippen molar-refractivity contribution in [3.05, 3.63) is 30.1 Å². The monoisotopic (exact) mass is 287 g/mol. The Balaban J connectivity index is 1.47. The summed E-state index contributed by atoms with van der Waals surface area (Å²) in [4.78, 5) is 18.5. The lowest BCUT2D eigenvalue weighted by molar-refractivity contribution is -0.132. The number of carbonyl (C=O) groups excluding carboxylic acids is 1. The van der Waals surface area contributed by atoms with Crippen LogP contribution in [0.2, 0.25) is 0 Å². The van der Waals surface area contributed by atoms with Crippen molar-refractivity contribution in [1.29, 1.82) is 0 Å². The molecule has 0 spiro atoms. The first-order valence-corrected chi connectivity index (χ1v) is 8.20. The van der Waals surface area contributed by atoms with E-state index in [0.717, 1.165) is 30.5 Å². The third-order valence-corrected chi connectivity index (χ3v) is 5.02. The predicted molar refractivity (Wildman–Crippen MR) is 82.8 cm³/mol. The second-order valence-electron chi connectivity index (χ2n) is 6.34. The fourth-order valence-corrected chi connectivity index (χ4v) is 3.73. The third kappa shape index (κ3) is 3.82. The topological polar surface area (TPSA) is 45.2 Å². The summed E-state index contributed by atoms with van der Waals surface area (Å²) in [6.45, 7) is 4.22. The van der Waals surface area contributed by atoms with Gasteiger partial charge in [0, 0.05) is 25.5 Å². The highest BCUT2D eigenvalue weighted by molar-refractivity contribution is 5.78. The van der Waals surface area contributed by atoms with Crippen molar-refractivity contribution in [3.63, 3.8) is 0 Å². The van der Waals surface area contributed by atoms with Crippen LogP contribution >= 0.6 is 0 Å². The minimum Gasteiger partial charge on any atom is -0.342 e. The molecule has 2 aliphatic heterocycles. The van der Waals surface area contributed by atoms with E-state index in [1.165, 1.54) is 38.8 Å². The van der Waals surface area contributed by atoms with Crippen molar-refractivity contribution in [2.45, 2.75) is 32.1 Å². The minimum absolute atomic E-state index is 0.256. The van der Waals surface area contributed by atoms with Crippen LogP contribution in [0.5, 0.6) is 0 Å². The van der Waals surface area contributed by atoms with Gasteiger partial charge in [-0.25, -0.2) is 0 Å². The molecule has 0 atom stereocenters. The first kappa shape index (κ1) is 14.5. The molecule has 1 aromatic rings. The Morgan fingerprint density at radius 1 is 1.19 bits per heavy atom. The molecule has 0 unspecified atom stereocenters. The maximum atomic E-state index is 12.3. The van der Waals surface area contributed by atoms with Crippen LogP contribution in [0.3, 0.4) is 0 Å². The second-order valence-corrected chi connectivity index (χ2v) is 6.34. The van der Waals surface area contributed by atoms with Gasteiger partial charge in [-0.2, -0.15) is 0 Å². The highest BCUT2D eigenvalue weighted by Gasteiger charge is 2.29. The molecule has 0 aromatic carbocycles. The molecule has 0 aliphatic carbocycles. The maximum Gasteiger partial charge on any atom is 0.227 e. The summed E-state index contributed by atoms with van der Waals surface area (Å²) < 4.78 is 0. The summed E-state index contributed by atoms with van der Waals surface area (Å²) in [6, 6.07) is 3.87. The number of nitrogens with one attached hydrogen (secondary N) is 1. The van der Waals surface area contributed by atoms with Gasteiger partial charge < -0.3 is 10.2 Å². The molecule has 114 valence electrons. The summed E-state index contributed by atoms with van der Waals surface area (Å²) >= 11 is 0. The van der Waals surface area contributed by atoms with Crippen molar-refractivity contribution < 1.29 is 4.79 Å². The van der Waals surface area contributed by atoms with Crippen LogP contribution in [-0.2, 0) is 11.2 Å². The van der Waals surface area contributed by atoms with E-state index < -0.39 is 0 Å². The van der Waals surface area contributed by atoms with E-state index in [1.54, 1.807) is 12.4 Å². The van der Waals surface area contributed by atoms with Crippen LogP contribution < -0.4 is 5.32 Å². The van der Waals surface area contributed by atoms with Crippen LogP contribution in [-0.4, -0.2) is 42.0 Å². The van der Waals surface area contributed by atoms with Crippen LogP contribution in [0, 0.1) is 11.8 Å². The van der Waals surface area contributed by atoms with E-state index in [4.69, 9.17) is 0 Å². The van der Waals surface area contributed by atoms with E-state index in [0.29, 0.717) is 6.42 Å². The highest BCUT2D eigenvalue weighted by Crippen LogP contribution is 2.30. The Labute approximate surface area is 126 Å². The summed E-state index contributed by atoms with van der Waals surface area (Å²) in [5.74, 6) is 1.96. The Morgan fingerprint density at radius 3 is 2.57 bits per heavy atom. The number of rotatable bonds is 3. The molecule has 3 heterocycles. The number of hydrogen-bond donors (Lipinski definition) is 1. The molecule has 0 bridgehead atoms. The lowest BCUT2D eigenvalue weighted by atomic mass is 9.79. The molecule has 4 heteroatoms. The minimum atomic E-state index is 0.256. The number of nitrogens with zero attached hydrogens (tertiary/aromatic N) is 2. The number of carbonyl (C=O) groups is 1. The Bertz CT molecular complexity index is 448. The number of piperidine rings is 2. The van der Waals surface area contributed by atoms with Gasteiger partial charge in [-0.15, -0.1) is 0 Å². The molecule has 1 N–H and O–H groups in total. The molecular formula is C17H25N3O. The van der Waals surface area contributed by atoms with Crippen LogP contribution in [0.15, 0.2) is 24.5 Å². The average Bonchev–Trinajstić information content (AvgIpc) is 2.57. The van der Waals surface area contributed by atoms with Crippen molar-refractivity contribution >= 4 is 5.91 Å². The fourth-order valence-electron chi connectivity index (χ4n) is 3.73. The summed E-state index contributed by atoms with van der Waals surface area (Å²) in [5, 5.41) is 3.44. The third-order valence-electron chi connectivity index (χ3n) is 5.02. The SMILES string of the molecule is O=C(Cc1cccnc1)N1CCC(C2CCNCC2)CC1. The number of amides is 1. The molecule has 2 aliphatic rings. The van der Waals surface area contributed by atoms with E-state index in [2.05, 4.69) is 10.3 Å². The highest BCUT2D eigenvalue weighted by atomic mass is 16.2. The van der Waals surface area contributed by atoms with Gasteiger partial charge in [-0.1, -0.05) is 6.07 Å². The zero-order valence-electron chi connectivity index (χ0n) is 12.6. The van der Waals surface area contributed by atoms with Gasteiger partial charge in [0.2, 0.25) is 5.91 Å². The van der Waals surface area contributed by atoms with Crippen LogP contribution in [0.25, 0.3) is 0 Å². The van der Waals surface area contributed by atoms with Crippen LogP contribution in [0.1, 0.15) is 31.2 Å². The zero-order chi connectivity index (χ0) is 14.5. The van der Waals surface area contributed by atoms with E-state index in [1.807, 2.05) is 17.0 Å². The fraction of sp³-hybridized carbons (Fsp3) is 0.647. The lowest BCUT2D eigenvalue weighted by Crippen LogP contribution is -2.42. The lowest BCUT2D eigenvalue weighted by Gasteiger charge is -2.37. The summed E-state index contributed by atoms with van der Waals surface area (Å²) in [7, 11) is 0. The molecule has 2 fully saturated rings. The number of hydrogen-bond acceptors (Lipinski definition) is 3. The maximum absolute atomic E-state index is 12.3. The standard InChI is InChI=1S/C17H25N3O/c21-17(12-14-2-1-7-19-13-14)20-10-5-16(6-11-20)15-3-8-18-9-4-15/h1-2,7,13,15-16,18H,3-6,8-12H2. The van der Waals surface area contributed by atoms with Gasteiger partial charge in [-0.05, 0) is 62.2 Å². The molecular weight excluding hydrogens is 262 g/mol. The van der Waals surface area contributed by atoms with Gasteiger partial charge in [0.15, 0.2) is 0 Å². The van der Waals surface area contributed by atoms with Crippen molar-refractivity contribution in [2.75, 3.05) is 26.2 Å². The average molecular weight is 287 g/mol. The van der Waals surface area contributed by atoms with E-state index >= 15 is 0 Å². The van der Waals surface area contributed by atoms with E-state index in [-0.39, 0.29) is 5.91 Å². The van der Waals surface area contributed by atoms with Gasteiger partial charge in [0.05, 0.1) is 6.42 Å². The molecule has 0 radical (unpaired) electrons. The van der Waals surface area contributed by atoms with Gasteiger partial charge in [0.25, 0.3) is 0 Å². The number of pyridine rings is 1.